The number of benzene rings is 1. The van der Waals surface area contributed by atoms with Gasteiger partial charge in [-0.25, -0.2) is 0 Å². The van der Waals surface area contributed by atoms with Gasteiger partial charge in [0.15, 0.2) is 0 Å². The molecule has 0 radical (unpaired) electrons. The van der Waals surface area contributed by atoms with Crippen LogP contribution in [0.25, 0.3) is 0 Å². The van der Waals surface area contributed by atoms with Gasteiger partial charge in [0.2, 0.25) is 0 Å². The van der Waals surface area contributed by atoms with Crippen LogP contribution in [0.15, 0.2) is 34.9 Å². The lowest BCUT2D eigenvalue weighted by atomic mass is 10.1. The van der Waals surface area contributed by atoms with Crippen molar-refractivity contribution in [2.24, 2.45) is 0 Å². The van der Waals surface area contributed by atoms with Crippen molar-refractivity contribution >= 4 is 15.9 Å². The molecule has 108 valence electrons. The number of rotatable bonds is 6. The molecule has 0 amide bonds. The molecule has 1 aromatic heterocycles. The van der Waals surface area contributed by atoms with Gasteiger partial charge in [0, 0.05) is 25.3 Å². The minimum atomic E-state index is 0.261. The largest absolute Gasteiger partial charge is 0.496 e. The highest BCUT2D eigenvalue weighted by molar-refractivity contribution is 9.10. The number of aryl methyl sites for hydroxylation is 1. The third-order valence-electron chi connectivity index (χ3n) is 3.37. The molecular weight excluding hydrogens is 318 g/mol. The van der Waals surface area contributed by atoms with Crippen LogP contribution in [0.4, 0.5) is 0 Å². The fourth-order valence-electron chi connectivity index (χ4n) is 2.12. The van der Waals surface area contributed by atoms with E-state index in [2.05, 4.69) is 52.3 Å². The molecule has 0 aliphatic heterocycles. The van der Waals surface area contributed by atoms with E-state index in [0.29, 0.717) is 0 Å². The van der Waals surface area contributed by atoms with E-state index in [0.717, 1.165) is 23.3 Å². The van der Waals surface area contributed by atoms with Gasteiger partial charge >= 0.3 is 0 Å². The molecule has 0 spiro atoms. The van der Waals surface area contributed by atoms with E-state index < -0.39 is 0 Å². The van der Waals surface area contributed by atoms with Crippen LogP contribution in [-0.2, 0) is 13.1 Å². The monoisotopic (exact) mass is 337 g/mol. The number of methoxy groups -OCH3 is 1. The second kappa shape index (κ2) is 6.90. The van der Waals surface area contributed by atoms with Crippen molar-refractivity contribution in [1.82, 2.24) is 15.1 Å². The standard InChI is InChI=1S/C15H20BrN3O/c1-4-19-13(7-8-18-19)10-17-11(2)12-5-6-15(20-3)14(16)9-12/h5-9,11,17H,4,10H2,1-3H3. The Balaban J connectivity index is 2.01. The predicted octanol–water partition coefficient (Wildman–Crippen LogP) is 3.52. The van der Waals surface area contributed by atoms with Crippen LogP contribution in [0, 0.1) is 0 Å². The lowest BCUT2D eigenvalue weighted by molar-refractivity contribution is 0.411. The van der Waals surface area contributed by atoms with Crippen LogP contribution < -0.4 is 10.1 Å². The molecule has 1 aromatic carbocycles. The Kier molecular flexibility index (Phi) is 5.20. The lowest BCUT2D eigenvalue weighted by Crippen LogP contribution is -2.20. The maximum atomic E-state index is 5.25. The Morgan fingerprint density at radius 3 is 2.85 bits per heavy atom. The summed E-state index contributed by atoms with van der Waals surface area (Å²) in [5, 5.41) is 7.79. The quantitative estimate of drug-likeness (QED) is 0.876. The molecular formula is C15H20BrN3O. The summed E-state index contributed by atoms with van der Waals surface area (Å²) < 4.78 is 8.23. The number of halogens is 1. The van der Waals surface area contributed by atoms with Gasteiger partial charge in [0.25, 0.3) is 0 Å². The molecule has 2 aromatic rings. The molecule has 20 heavy (non-hydrogen) atoms. The summed E-state index contributed by atoms with van der Waals surface area (Å²) in [7, 11) is 1.67. The van der Waals surface area contributed by atoms with Crippen LogP contribution >= 0.6 is 15.9 Å². The molecule has 0 aliphatic rings. The molecule has 4 nitrogen and oxygen atoms in total. The van der Waals surface area contributed by atoms with Gasteiger partial charge in [0.1, 0.15) is 5.75 Å². The summed E-state index contributed by atoms with van der Waals surface area (Å²) in [6.45, 7) is 5.95. The van der Waals surface area contributed by atoms with Crippen molar-refractivity contribution in [1.29, 1.82) is 0 Å². The summed E-state index contributed by atoms with van der Waals surface area (Å²) in [6.07, 6.45) is 1.84. The van der Waals surface area contributed by atoms with Crippen LogP contribution in [0.3, 0.4) is 0 Å². The zero-order chi connectivity index (χ0) is 14.5. The van der Waals surface area contributed by atoms with E-state index >= 15 is 0 Å². The topological polar surface area (TPSA) is 39.1 Å². The molecule has 5 heteroatoms. The zero-order valence-corrected chi connectivity index (χ0v) is 13.6. The highest BCUT2D eigenvalue weighted by Crippen LogP contribution is 2.28. The van der Waals surface area contributed by atoms with Gasteiger partial charge < -0.3 is 10.1 Å². The predicted molar refractivity (Wildman–Crippen MR) is 83.8 cm³/mol. The van der Waals surface area contributed by atoms with E-state index in [1.807, 2.05) is 23.0 Å². The molecule has 0 saturated heterocycles. The van der Waals surface area contributed by atoms with Gasteiger partial charge in [-0.05, 0) is 53.5 Å². The normalized spacial score (nSPS) is 12.4. The summed E-state index contributed by atoms with van der Waals surface area (Å²) >= 11 is 3.52. The fraction of sp³-hybridized carbons (Fsp3) is 0.400. The summed E-state index contributed by atoms with van der Waals surface area (Å²) in [5.74, 6) is 0.852. The van der Waals surface area contributed by atoms with Crippen molar-refractivity contribution in [2.45, 2.75) is 33.0 Å². The van der Waals surface area contributed by atoms with Gasteiger partial charge in [-0.3, -0.25) is 4.68 Å². The molecule has 0 saturated carbocycles. The zero-order valence-electron chi connectivity index (χ0n) is 12.1. The average molecular weight is 338 g/mol. The van der Waals surface area contributed by atoms with E-state index in [9.17, 15) is 0 Å². The Hall–Kier alpha value is -1.33. The molecule has 1 atom stereocenters. The first kappa shape index (κ1) is 15.1. The number of nitrogens with zero attached hydrogens (tertiary/aromatic N) is 2. The molecule has 1 N–H and O–H groups in total. The van der Waals surface area contributed by atoms with Crippen molar-refractivity contribution in [3.63, 3.8) is 0 Å². The number of aromatic nitrogens is 2. The minimum absolute atomic E-state index is 0.261. The van der Waals surface area contributed by atoms with Crippen molar-refractivity contribution < 1.29 is 4.74 Å². The summed E-state index contributed by atoms with van der Waals surface area (Å²) in [6, 6.07) is 8.46. The van der Waals surface area contributed by atoms with E-state index in [-0.39, 0.29) is 6.04 Å². The van der Waals surface area contributed by atoms with Gasteiger partial charge in [0.05, 0.1) is 17.3 Å². The Morgan fingerprint density at radius 2 is 2.20 bits per heavy atom. The summed E-state index contributed by atoms with van der Waals surface area (Å²) in [4.78, 5) is 0. The van der Waals surface area contributed by atoms with Gasteiger partial charge in [-0.15, -0.1) is 0 Å². The third-order valence-corrected chi connectivity index (χ3v) is 3.99. The minimum Gasteiger partial charge on any atom is -0.496 e. The maximum absolute atomic E-state index is 5.25. The van der Waals surface area contributed by atoms with E-state index in [4.69, 9.17) is 4.74 Å². The van der Waals surface area contributed by atoms with Crippen LogP contribution in [-0.4, -0.2) is 16.9 Å². The highest BCUT2D eigenvalue weighted by atomic mass is 79.9. The second-order valence-corrected chi connectivity index (χ2v) is 5.49. The molecule has 0 bridgehead atoms. The maximum Gasteiger partial charge on any atom is 0.133 e. The molecule has 1 unspecified atom stereocenters. The number of nitrogens with one attached hydrogen (secondary N) is 1. The second-order valence-electron chi connectivity index (χ2n) is 4.63. The number of hydrogen-bond acceptors (Lipinski definition) is 3. The first-order valence-corrected chi connectivity index (χ1v) is 7.52. The SMILES string of the molecule is CCn1nccc1CNC(C)c1ccc(OC)c(Br)c1. The number of ether oxygens (including phenoxy) is 1. The average Bonchev–Trinajstić information content (AvgIpc) is 2.92. The van der Waals surface area contributed by atoms with Gasteiger partial charge in [-0.2, -0.15) is 5.10 Å². The van der Waals surface area contributed by atoms with Crippen molar-refractivity contribution in [2.75, 3.05) is 7.11 Å². The lowest BCUT2D eigenvalue weighted by Gasteiger charge is -2.16. The molecule has 0 aliphatic carbocycles. The molecule has 0 fully saturated rings. The fourth-order valence-corrected chi connectivity index (χ4v) is 2.68. The van der Waals surface area contributed by atoms with Crippen molar-refractivity contribution in [3.8, 4) is 5.75 Å². The Bertz CT molecular complexity index is 568. The van der Waals surface area contributed by atoms with Gasteiger partial charge in [-0.1, -0.05) is 6.07 Å². The van der Waals surface area contributed by atoms with E-state index in [1.54, 1.807) is 7.11 Å². The highest BCUT2D eigenvalue weighted by Gasteiger charge is 2.09. The van der Waals surface area contributed by atoms with E-state index in [1.165, 1.54) is 11.3 Å². The first-order valence-electron chi connectivity index (χ1n) is 6.73. The Morgan fingerprint density at radius 1 is 1.40 bits per heavy atom. The smallest absolute Gasteiger partial charge is 0.133 e. The van der Waals surface area contributed by atoms with Crippen LogP contribution in [0.2, 0.25) is 0 Å². The summed E-state index contributed by atoms with van der Waals surface area (Å²) in [5.41, 5.74) is 2.42. The molecule has 2 rings (SSSR count). The first-order chi connectivity index (χ1) is 9.65. The van der Waals surface area contributed by atoms with Crippen LogP contribution in [0.5, 0.6) is 5.75 Å². The number of hydrogen-bond donors (Lipinski definition) is 1. The van der Waals surface area contributed by atoms with Crippen molar-refractivity contribution in [3.05, 3.63) is 46.2 Å². The molecule has 1 heterocycles. The third kappa shape index (κ3) is 3.41. The van der Waals surface area contributed by atoms with Crippen LogP contribution in [0.1, 0.15) is 31.1 Å². The Labute approximate surface area is 128 Å².